The van der Waals surface area contributed by atoms with E-state index >= 15 is 0 Å². The van der Waals surface area contributed by atoms with Crippen molar-refractivity contribution >= 4 is 27.6 Å². The number of pyridine rings is 1. The largest absolute Gasteiger partial charge is 0.478 e. The first-order valence-corrected chi connectivity index (χ1v) is 6.54. The molecule has 1 heterocycles. The molecule has 0 radical (unpaired) electrons. The van der Waals surface area contributed by atoms with Gasteiger partial charge in [0.1, 0.15) is 5.03 Å². The number of carboxylic acids is 1. The maximum atomic E-state index is 11.0. The van der Waals surface area contributed by atoms with Gasteiger partial charge in [0.05, 0.1) is 5.56 Å². The molecule has 1 aromatic rings. The number of nitrogens with zero attached hydrogens (tertiary/aromatic N) is 1. The molecule has 0 aromatic carbocycles. The minimum atomic E-state index is -0.911. The Morgan fingerprint density at radius 3 is 2.64 bits per heavy atom. The predicted octanol–water partition coefficient (Wildman–Crippen LogP) is 2.77. The van der Waals surface area contributed by atoms with Crippen LogP contribution in [0.1, 0.15) is 21.6 Å². The van der Waals surface area contributed by atoms with Crippen LogP contribution < -0.4 is 0 Å². The number of aryl methyl sites for hydroxylation is 2. The lowest BCUT2D eigenvalue weighted by atomic mass is 10.1. The molecular formula is C9H11NO2S2. The highest BCUT2D eigenvalue weighted by atomic mass is 33.1. The summed E-state index contributed by atoms with van der Waals surface area (Å²) < 4.78 is 0. The van der Waals surface area contributed by atoms with Gasteiger partial charge in [0, 0.05) is 5.69 Å². The van der Waals surface area contributed by atoms with Gasteiger partial charge in [-0.2, -0.15) is 0 Å². The summed E-state index contributed by atoms with van der Waals surface area (Å²) in [5.41, 5.74) is 1.93. The van der Waals surface area contributed by atoms with Gasteiger partial charge in [-0.05, 0) is 42.5 Å². The molecule has 14 heavy (non-hydrogen) atoms. The molecule has 0 atom stereocenters. The summed E-state index contributed by atoms with van der Waals surface area (Å²) in [6, 6.07) is 1.79. The predicted molar refractivity (Wildman–Crippen MR) is 60.0 cm³/mol. The fraction of sp³-hybridized carbons (Fsp3) is 0.333. The van der Waals surface area contributed by atoms with Crippen LogP contribution in [0.4, 0.5) is 0 Å². The quantitative estimate of drug-likeness (QED) is 0.808. The van der Waals surface area contributed by atoms with Crippen molar-refractivity contribution in [1.82, 2.24) is 4.98 Å². The maximum absolute atomic E-state index is 11.0. The fourth-order valence-corrected chi connectivity index (χ4v) is 2.71. The first-order valence-electron chi connectivity index (χ1n) is 3.98. The summed E-state index contributed by atoms with van der Waals surface area (Å²) in [6.07, 6.45) is 1.90. The molecule has 5 heteroatoms. The van der Waals surface area contributed by atoms with Crippen LogP contribution in [-0.2, 0) is 0 Å². The molecule has 0 aliphatic heterocycles. The van der Waals surface area contributed by atoms with Crippen molar-refractivity contribution in [2.24, 2.45) is 0 Å². The van der Waals surface area contributed by atoms with Crippen molar-refractivity contribution < 1.29 is 9.90 Å². The third kappa shape index (κ3) is 2.42. The molecule has 0 aliphatic carbocycles. The van der Waals surface area contributed by atoms with E-state index in [2.05, 4.69) is 4.98 Å². The first-order chi connectivity index (χ1) is 6.56. The smallest absolute Gasteiger partial charge is 0.338 e. The van der Waals surface area contributed by atoms with Crippen LogP contribution in [0.5, 0.6) is 0 Å². The van der Waals surface area contributed by atoms with Gasteiger partial charge in [-0.1, -0.05) is 10.8 Å². The van der Waals surface area contributed by atoms with Crippen molar-refractivity contribution in [2.75, 3.05) is 6.26 Å². The Labute approximate surface area is 90.7 Å². The normalized spacial score (nSPS) is 10.2. The molecule has 0 saturated heterocycles. The van der Waals surface area contributed by atoms with E-state index in [9.17, 15) is 4.79 Å². The van der Waals surface area contributed by atoms with Gasteiger partial charge < -0.3 is 5.11 Å². The molecule has 0 fully saturated rings. The monoisotopic (exact) mass is 229 g/mol. The maximum Gasteiger partial charge on any atom is 0.338 e. The zero-order chi connectivity index (χ0) is 10.7. The van der Waals surface area contributed by atoms with Crippen molar-refractivity contribution in [1.29, 1.82) is 0 Å². The van der Waals surface area contributed by atoms with Gasteiger partial charge in [0.25, 0.3) is 0 Å². The minimum Gasteiger partial charge on any atom is -0.478 e. The highest BCUT2D eigenvalue weighted by Gasteiger charge is 2.15. The summed E-state index contributed by atoms with van der Waals surface area (Å²) in [7, 11) is 2.88. The van der Waals surface area contributed by atoms with Crippen LogP contribution in [0.2, 0.25) is 0 Å². The van der Waals surface area contributed by atoms with Gasteiger partial charge in [-0.25, -0.2) is 9.78 Å². The van der Waals surface area contributed by atoms with Crippen molar-refractivity contribution in [3.63, 3.8) is 0 Å². The van der Waals surface area contributed by atoms with E-state index in [1.165, 1.54) is 21.6 Å². The van der Waals surface area contributed by atoms with Gasteiger partial charge in [-0.15, -0.1) is 0 Å². The van der Waals surface area contributed by atoms with Gasteiger partial charge in [-0.3, -0.25) is 0 Å². The highest BCUT2D eigenvalue weighted by Crippen LogP contribution is 2.31. The second-order valence-electron chi connectivity index (χ2n) is 2.82. The Morgan fingerprint density at radius 1 is 1.50 bits per heavy atom. The van der Waals surface area contributed by atoms with Crippen molar-refractivity contribution in [3.8, 4) is 0 Å². The number of carboxylic acid groups (broad SMARTS) is 1. The van der Waals surface area contributed by atoms with E-state index < -0.39 is 5.97 Å². The number of hydrogen-bond donors (Lipinski definition) is 1. The van der Waals surface area contributed by atoms with E-state index in [-0.39, 0.29) is 0 Å². The van der Waals surface area contributed by atoms with Gasteiger partial charge in [0.2, 0.25) is 0 Å². The van der Waals surface area contributed by atoms with Crippen LogP contribution in [0, 0.1) is 13.8 Å². The van der Waals surface area contributed by atoms with Crippen LogP contribution in [0.15, 0.2) is 11.1 Å². The van der Waals surface area contributed by atoms with Crippen molar-refractivity contribution in [3.05, 3.63) is 22.9 Å². The van der Waals surface area contributed by atoms with E-state index in [4.69, 9.17) is 5.11 Å². The van der Waals surface area contributed by atoms with Gasteiger partial charge >= 0.3 is 5.97 Å². The minimum absolute atomic E-state index is 0.315. The lowest BCUT2D eigenvalue weighted by Crippen LogP contribution is -2.04. The van der Waals surface area contributed by atoms with Crippen LogP contribution >= 0.6 is 21.6 Å². The molecule has 1 rings (SSSR count). The van der Waals surface area contributed by atoms with Crippen LogP contribution in [0.3, 0.4) is 0 Å². The van der Waals surface area contributed by atoms with E-state index in [0.717, 1.165) is 11.3 Å². The summed E-state index contributed by atoms with van der Waals surface area (Å²) in [5, 5.41) is 9.59. The number of carbonyl (C=O) groups is 1. The number of aromatic carboxylic acids is 1. The molecule has 1 N–H and O–H groups in total. The van der Waals surface area contributed by atoms with E-state index in [0.29, 0.717) is 10.6 Å². The molecular weight excluding hydrogens is 218 g/mol. The molecule has 0 bridgehead atoms. The number of rotatable bonds is 3. The molecule has 0 amide bonds. The molecule has 3 nitrogen and oxygen atoms in total. The first kappa shape index (κ1) is 11.4. The van der Waals surface area contributed by atoms with Crippen LogP contribution in [-0.4, -0.2) is 22.3 Å². The second-order valence-corrected chi connectivity index (χ2v) is 5.20. The topological polar surface area (TPSA) is 50.2 Å². The van der Waals surface area contributed by atoms with E-state index in [1.54, 1.807) is 13.0 Å². The Kier molecular flexibility index (Phi) is 3.83. The summed E-state index contributed by atoms with van der Waals surface area (Å²) >= 11 is 0. The van der Waals surface area contributed by atoms with E-state index in [1.807, 2.05) is 13.2 Å². The third-order valence-electron chi connectivity index (χ3n) is 1.69. The molecule has 76 valence electrons. The standard InChI is InChI=1S/C9H11NO2S2/c1-5-4-6(2)10-8(14-13-3)7(5)9(11)12/h4H,1-3H3,(H,11,12). The molecule has 1 aromatic heterocycles. The Balaban J connectivity index is 3.28. The summed E-state index contributed by atoms with van der Waals surface area (Å²) in [5.74, 6) is -0.911. The Bertz CT molecular complexity index is 366. The SMILES string of the molecule is CSSc1nc(C)cc(C)c1C(=O)O. The zero-order valence-corrected chi connectivity index (χ0v) is 9.83. The number of aromatic nitrogens is 1. The Hall–Kier alpha value is -0.680. The lowest BCUT2D eigenvalue weighted by molar-refractivity contribution is 0.0691. The van der Waals surface area contributed by atoms with Gasteiger partial charge in [0.15, 0.2) is 0 Å². The second kappa shape index (κ2) is 4.70. The lowest BCUT2D eigenvalue weighted by Gasteiger charge is -2.07. The highest BCUT2D eigenvalue weighted by molar-refractivity contribution is 8.76. The average Bonchev–Trinajstić information content (AvgIpc) is 2.01. The molecule has 0 saturated carbocycles. The molecule has 0 unspecified atom stereocenters. The molecule has 0 spiro atoms. The molecule has 0 aliphatic rings. The third-order valence-corrected chi connectivity index (χ3v) is 3.28. The fourth-order valence-electron chi connectivity index (χ4n) is 1.20. The van der Waals surface area contributed by atoms with Crippen LogP contribution in [0.25, 0.3) is 0 Å². The average molecular weight is 229 g/mol. The summed E-state index contributed by atoms with van der Waals surface area (Å²) in [6.45, 7) is 3.66. The summed E-state index contributed by atoms with van der Waals surface area (Å²) in [4.78, 5) is 15.2. The Morgan fingerprint density at radius 2 is 2.14 bits per heavy atom. The zero-order valence-electron chi connectivity index (χ0n) is 8.20. The van der Waals surface area contributed by atoms with Crippen molar-refractivity contribution in [2.45, 2.75) is 18.9 Å². The number of hydrogen-bond acceptors (Lipinski definition) is 4.